The third kappa shape index (κ3) is 2.96. The second kappa shape index (κ2) is 6.39. The van der Waals surface area contributed by atoms with E-state index in [-0.39, 0.29) is 6.04 Å². The lowest BCUT2D eigenvalue weighted by atomic mass is 9.88. The van der Waals surface area contributed by atoms with Gasteiger partial charge in [0.05, 0.1) is 10.0 Å². The summed E-state index contributed by atoms with van der Waals surface area (Å²) >= 11 is 12.3. The average Bonchev–Trinajstić information content (AvgIpc) is 2.92. The molecule has 0 heterocycles. The Morgan fingerprint density at radius 3 is 2.71 bits per heavy atom. The van der Waals surface area contributed by atoms with Gasteiger partial charge in [0.2, 0.25) is 0 Å². The fourth-order valence-corrected chi connectivity index (χ4v) is 3.66. The van der Waals surface area contributed by atoms with Gasteiger partial charge in [0.1, 0.15) is 0 Å². The first kappa shape index (κ1) is 14.9. The molecule has 0 saturated carbocycles. The van der Waals surface area contributed by atoms with Crippen LogP contribution in [0.25, 0.3) is 0 Å². The third-order valence-electron chi connectivity index (χ3n) is 4.31. The second-order valence-corrected chi connectivity index (χ2v) is 6.37. The van der Waals surface area contributed by atoms with Crippen LogP contribution < -0.4 is 5.32 Å². The highest BCUT2D eigenvalue weighted by atomic mass is 35.5. The molecule has 3 heteroatoms. The van der Waals surface area contributed by atoms with Gasteiger partial charge in [0, 0.05) is 12.0 Å². The molecule has 2 aromatic rings. The molecule has 0 saturated heterocycles. The molecular formula is C18H19Cl2N. The van der Waals surface area contributed by atoms with E-state index in [1.165, 1.54) is 23.1 Å². The van der Waals surface area contributed by atoms with E-state index in [4.69, 9.17) is 23.2 Å². The van der Waals surface area contributed by atoms with Gasteiger partial charge in [-0.2, -0.15) is 0 Å². The summed E-state index contributed by atoms with van der Waals surface area (Å²) in [7, 11) is 0. The predicted molar refractivity (Wildman–Crippen MR) is 90.4 cm³/mol. The molecule has 0 aromatic heterocycles. The van der Waals surface area contributed by atoms with Gasteiger partial charge in [0.25, 0.3) is 0 Å². The summed E-state index contributed by atoms with van der Waals surface area (Å²) < 4.78 is 0. The van der Waals surface area contributed by atoms with Crippen molar-refractivity contribution in [1.29, 1.82) is 0 Å². The topological polar surface area (TPSA) is 12.0 Å². The molecule has 0 amide bonds. The number of nitrogens with one attached hydrogen (secondary N) is 1. The quantitative estimate of drug-likeness (QED) is 0.798. The van der Waals surface area contributed by atoms with E-state index in [9.17, 15) is 0 Å². The fourth-order valence-electron chi connectivity index (χ4n) is 3.35. The standard InChI is InChI=1S/C18H19Cl2N/c1-2-21-18(13-8-10-16(19)17(20)11-13)15-9-7-12-5-3-4-6-14(12)15/h3-6,8,10-11,15,18,21H,2,7,9H2,1H3. The highest BCUT2D eigenvalue weighted by Gasteiger charge is 2.30. The Labute approximate surface area is 136 Å². The molecule has 3 rings (SSSR count). The maximum atomic E-state index is 6.21. The summed E-state index contributed by atoms with van der Waals surface area (Å²) in [4.78, 5) is 0. The van der Waals surface area contributed by atoms with Gasteiger partial charge in [0.15, 0.2) is 0 Å². The van der Waals surface area contributed by atoms with E-state index >= 15 is 0 Å². The van der Waals surface area contributed by atoms with Crippen LogP contribution in [0.3, 0.4) is 0 Å². The van der Waals surface area contributed by atoms with Crippen LogP contribution in [0.1, 0.15) is 42.0 Å². The molecule has 1 aliphatic carbocycles. The van der Waals surface area contributed by atoms with Gasteiger partial charge in [-0.1, -0.05) is 60.5 Å². The SMILES string of the molecule is CCNC(c1ccc(Cl)c(Cl)c1)C1CCc2ccccc21. The zero-order chi connectivity index (χ0) is 14.8. The summed E-state index contributed by atoms with van der Waals surface area (Å²) in [5.74, 6) is 0.499. The minimum absolute atomic E-state index is 0.286. The van der Waals surface area contributed by atoms with Gasteiger partial charge in [-0.3, -0.25) is 0 Å². The van der Waals surface area contributed by atoms with Gasteiger partial charge in [-0.15, -0.1) is 0 Å². The van der Waals surface area contributed by atoms with Crippen molar-refractivity contribution in [2.24, 2.45) is 0 Å². The number of benzene rings is 2. The lowest BCUT2D eigenvalue weighted by Gasteiger charge is -2.26. The van der Waals surface area contributed by atoms with E-state index in [0.29, 0.717) is 16.0 Å². The molecular weight excluding hydrogens is 301 g/mol. The molecule has 1 N–H and O–H groups in total. The largest absolute Gasteiger partial charge is 0.310 e. The molecule has 1 aliphatic rings. The van der Waals surface area contributed by atoms with Crippen molar-refractivity contribution >= 4 is 23.2 Å². The molecule has 1 nitrogen and oxygen atoms in total. The van der Waals surface area contributed by atoms with Gasteiger partial charge < -0.3 is 5.32 Å². The summed E-state index contributed by atoms with van der Waals surface area (Å²) in [6.07, 6.45) is 2.33. The Balaban J connectivity index is 1.97. The number of likely N-dealkylation sites (N-methyl/N-ethyl adjacent to an activating group) is 1. The fraction of sp³-hybridized carbons (Fsp3) is 0.333. The van der Waals surface area contributed by atoms with Crippen LogP contribution in [0.4, 0.5) is 0 Å². The first-order valence-electron chi connectivity index (χ1n) is 7.47. The van der Waals surface area contributed by atoms with E-state index in [1.54, 1.807) is 0 Å². The Kier molecular flexibility index (Phi) is 4.54. The van der Waals surface area contributed by atoms with Gasteiger partial charge in [-0.25, -0.2) is 0 Å². The van der Waals surface area contributed by atoms with Crippen LogP contribution in [0, 0.1) is 0 Å². The van der Waals surface area contributed by atoms with Crippen molar-refractivity contribution in [2.45, 2.75) is 31.7 Å². The third-order valence-corrected chi connectivity index (χ3v) is 5.05. The van der Waals surface area contributed by atoms with Gasteiger partial charge in [-0.05, 0) is 48.2 Å². The molecule has 2 aromatic carbocycles. The number of rotatable bonds is 4. The Hall–Kier alpha value is -1.02. The summed E-state index contributed by atoms with van der Waals surface area (Å²) in [6, 6.07) is 15.0. The molecule has 2 unspecified atom stereocenters. The molecule has 21 heavy (non-hydrogen) atoms. The van der Waals surface area contributed by atoms with E-state index in [0.717, 1.165) is 13.0 Å². The van der Waals surface area contributed by atoms with Crippen molar-refractivity contribution in [3.05, 3.63) is 69.2 Å². The van der Waals surface area contributed by atoms with Crippen LogP contribution in [-0.2, 0) is 6.42 Å². The molecule has 0 radical (unpaired) electrons. The molecule has 0 fully saturated rings. The number of hydrogen-bond donors (Lipinski definition) is 1. The number of hydrogen-bond acceptors (Lipinski definition) is 1. The van der Waals surface area contributed by atoms with Crippen molar-refractivity contribution in [1.82, 2.24) is 5.32 Å². The highest BCUT2D eigenvalue weighted by molar-refractivity contribution is 6.42. The lowest BCUT2D eigenvalue weighted by Crippen LogP contribution is -2.26. The Morgan fingerprint density at radius 1 is 1.14 bits per heavy atom. The predicted octanol–water partition coefficient (Wildman–Crippen LogP) is 5.37. The summed E-state index contributed by atoms with van der Waals surface area (Å²) in [5.41, 5.74) is 4.16. The van der Waals surface area contributed by atoms with E-state index < -0.39 is 0 Å². The average molecular weight is 320 g/mol. The summed E-state index contributed by atoms with van der Waals surface area (Å²) in [6.45, 7) is 3.08. The first-order valence-corrected chi connectivity index (χ1v) is 8.22. The molecule has 0 aliphatic heterocycles. The summed E-state index contributed by atoms with van der Waals surface area (Å²) in [5, 5.41) is 4.87. The minimum atomic E-state index is 0.286. The lowest BCUT2D eigenvalue weighted by molar-refractivity contribution is 0.453. The zero-order valence-electron chi connectivity index (χ0n) is 12.1. The van der Waals surface area contributed by atoms with E-state index in [1.807, 2.05) is 12.1 Å². The second-order valence-electron chi connectivity index (χ2n) is 5.55. The zero-order valence-corrected chi connectivity index (χ0v) is 13.6. The van der Waals surface area contributed by atoms with Crippen molar-refractivity contribution in [3.8, 4) is 0 Å². The maximum Gasteiger partial charge on any atom is 0.0595 e. The van der Waals surface area contributed by atoms with Crippen molar-refractivity contribution in [2.75, 3.05) is 6.54 Å². The van der Waals surface area contributed by atoms with Crippen LogP contribution in [0.15, 0.2) is 42.5 Å². The normalized spacial score (nSPS) is 18.5. The van der Waals surface area contributed by atoms with Crippen molar-refractivity contribution in [3.63, 3.8) is 0 Å². The number of fused-ring (bicyclic) bond motifs is 1. The highest BCUT2D eigenvalue weighted by Crippen LogP contribution is 2.42. The smallest absolute Gasteiger partial charge is 0.0595 e. The first-order chi connectivity index (χ1) is 10.2. The van der Waals surface area contributed by atoms with Gasteiger partial charge >= 0.3 is 0 Å². The Bertz CT molecular complexity index is 639. The number of aryl methyl sites for hydroxylation is 1. The van der Waals surface area contributed by atoms with Crippen LogP contribution in [0.2, 0.25) is 10.0 Å². The van der Waals surface area contributed by atoms with Crippen LogP contribution >= 0.6 is 23.2 Å². The van der Waals surface area contributed by atoms with Crippen molar-refractivity contribution < 1.29 is 0 Å². The molecule has 110 valence electrons. The monoisotopic (exact) mass is 319 g/mol. The van der Waals surface area contributed by atoms with Crippen LogP contribution in [-0.4, -0.2) is 6.54 Å². The molecule has 0 bridgehead atoms. The molecule has 0 spiro atoms. The Morgan fingerprint density at radius 2 is 1.95 bits per heavy atom. The maximum absolute atomic E-state index is 6.21. The molecule has 2 atom stereocenters. The number of halogens is 2. The minimum Gasteiger partial charge on any atom is -0.310 e. The van der Waals surface area contributed by atoms with Crippen LogP contribution in [0.5, 0.6) is 0 Å². The van der Waals surface area contributed by atoms with E-state index in [2.05, 4.69) is 42.6 Å².